The van der Waals surface area contributed by atoms with Gasteiger partial charge < -0.3 is 10.2 Å². The maximum absolute atomic E-state index is 3.58. The first-order valence-electron chi connectivity index (χ1n) is 4.48. The molecule has 1 fully saturated rings. The Bertz CT molecular complexity index is 134. The molecule has 0 spiro atoms. The first-order chi connectivity index (χ1) is 5.04. The zero-order valence-electron chi connectivity index (χ0n) is 8.15. The number of nitrogens with zero attached hydrogens (tertiary/aromatic N) is 1. The molecule has 1 N–H and O–H groups in total. The van der Waals surface area contributed by atoms with E-state index in [0.29, 0.717) is 11.5 Å². The zero-order valence-corrected chi connectivity index (χ0v) is 8.15. The third kappa shape index (κ3) is 1.94. The molecule has 1 heterocycles. The van der Waals surface area contributed by atoms with Crippen molar-refractivity contribution in [2.75, 3.05) is 26.7 Å². The van der Waals surface area contributed by atoms with Crippen molar-refractivity contribution in [2.24, 2.45) is 5.92 Å². The third-order valence-electron chi connectivity index (χ3n) is 2.90. The van der Waals surface area contributed by atoms with Gasteiger partial charge >= 0.3 is 0 Å². The summed E-state index contributed by atoms with van der Waals surface area (Å²) in [5, 5.41) is 3.58. The highest BCUT2D eigenvalue weighted by molar-refractivity contribution is 4.92. The topological polar surface area (TPSA) is 15.3 Å². The van der Waals surface area contributed by atoms with Gasteiger partial charge in [-0.05, 0) is 19.9 Å². The van der Waals surface area contributed by atoms with Crippen LogP contribution in [0.5, 0.6) is 0 Å². The first-order valence-corrected chi connectivity index (χ1v) is 4.48. The van der Waals surface area contributed by atoms with Crippen LogP contribution in [-0.2, 0) is 0 Å². The van der Waals surface area contributed by atoms with Crippen molar-refractivity contribution in [3.8, 4) is 0 Å². The summed E-state index contributed by atoms with van der Waals surface area (Å²) in [5.74, 6) is 0.713. The van der Waals surface area contributed by atoms with E-state index in [9.17, 15) is 0 Å². The number of hydrogen-bond acceptors (Lipinski definition) is 2. The van der Waals surface area contributed by atoms with E-state index in [4.69, 9.17) is 0 Å². The van der Waals surface area contributed by atoms with Crippen LogP contribution in [0, 0.1) is 5.92 Å². The van der Waals surface area contributed by atoms with Crippen molar-refractivity contribution in [3.63, 3.8) is 0 Å². The lowest BCUT2D eigenvalue weighted by Crippen LogP contribution is -2.60. The fourth-order valence-electron chi connectivity index (χ4n) is 1.61. The molecule has 1 atom stereocenters. The van der Waals surface area contributed by atoms with Crippen LogP contribution in [0.25, 0.3) is 0 Å². The van der Waals surface area contributed by atoms with E-state index in [2.05, 4.69) is 38.0 Å². The predicted molar refractivity (Wildman–Crippen MR) is 48.7 cm³/mol. The summed E-state index contributed by atoms with van der Waals surface area (Å²) < 4.78 is 0. The highest BCUT2D eigenvalue weighted by Crippen LogP contribution is 2.19. The van der Waals surface area contributed by atoms with Crippen LogP contribution in [0.15, 0.2) is 0 Å². The zero-order chi connectivity index (χ0) is 8.48. The molecule has 1 aliphatic heterocycles. The second kappa shape index (κ2) is 3.11. The molecule has 0 unspecified atom stereocenters. The maximum Gasteiger partial charge on any atom is 0.0303 e. The second-order valence-corrected chi connectivity index (χ2v) is 4.24. The Morgan fingerprint density at radius 3 is 2.45 bits per heavy atom. The van der Waals surface area contributed by atoms with Crippen molar-refractivity contribution in [1.82, 2.24) is 10.2 Å². The number of likely N-dealkylation sites (N-methyl/N-ethyl adjacent to an activating group) is 1. The van der Waals surface area contributed by atoms with E-state index in [1.807, 2.05) is 0 Å². The molecule has 0 bridgehead atoms. The fraction of sp³-hybridized carbons (Fsp3) is 1.00. The predicted octanol–water partition coefficient (Wildman–Crippen LogP) is 0.936. The van der Waals surface area contributed by atoms with E-state index in [1.165, 1.54) is 13.1 Å². The molecule has 1 saturated heterocycles. The molecule has 0 aromatic carbocycles. The number of piperazine rings is 1. The van der Waals surface area contributed by atoms with Gasteiger partial charge in [0.1, 0.15) is 0 Å². The quantitative estimate of drug-likeness (QED) is 0.608. The molecule has 0 saturated carbocycles. The lowest BCUT2D eigenvalue weighted by Gasteiger charge is -2.42. The molecule has 66 valence electrons. The maximum atomic E-state index is 3.58. The summed E-state index contributed by atoms with van der Waals surface area (Å²) in [5.41, 5.74) is 0.326. The summed E-state index contributed by atoms with van der Waals surface area (Å²) in [6, 6.07) is 0. The summed E-state index contributed by atoms with van der Waals surface area (Å²) in [6.45, 7) is 10.4. The summed E-state index contributed by atoms with van der Waals surface area (Å²) in [4.78, 5) is 2.40. The van der Waals surface area contributed by atoms with Gasteiger partial charge in [0.2, 0.25) is 0 Å². The molecule has 1 rings (SSSR count). The van der Waals surface area contributed by atoms with Gasteiger partial charge in [-0.1, -0.05) is 13.8 Å². The molecule has 2 heteroatoms. The molecule has 1 aliphatic rings. The van der Waals surface area contributed by atoms with E-state index in [1.54, 1.807) is 0 Å². The van der Waals surface area contributed by atoms with E-state index < -0.39 is 0 Å². The van der Waals surface area contributed by atoms with Crippen molar-refractivity contribution in [2.45, 2.75) is 26.3 Å². The van der Waals surface area contributed by atoms with Gasteiger partial charge in [0.25, 0.3) is 0 Å². The van der Waals surface area contributed by atoms with Gasteiger partial charge in [-0.2, -0.15) is 0 Å². The van der Waals surface area contributed by atoms with Gasteiger partial charge in [0.05, 0.1) is 0 Å². The lowest BCUT2D eigenvalue weighted by atomic mass is 9.86. The highest BCUT2D eigenvalue weighted by atomic mass is 15.2. The summed E-state index contributed by atoms with van der Waals surface area (Å²) in [7, 11) is 2.20. The molecular formula is C9H20N2. The largest absolute Gasteiger partial charge is 0.309 e. The molecule has 0 aromatic rings. The molecule has 0 aliphatic carbocycles. The molecule has 0 amide bonds. The Morgan fingerprint density at radius 1 is 1.45 bits per heavy atom. The van der Waals surface area contributed by atoms with Crippen LogP contribution in [0.4, 0.5) is 0 Å². The summed E-state index contributed by atoms with van der Waals surface area (Å²) in [6.07, 6.45) is 0. The van der Waals surface area contributed by atoms with Crippen LogP contribution in [0.3, 0.4) is 0 Å². The van der Waals surface area contributed by atoms with Gasteiger partial charge in [-0.3, -0.25) is 0 Å². The minimum absolute atomic E-state index is 0.326. The van der Waals surface area contributed by atoms with Crippen LogP contribution in [0.2, 0.25) is 0 Å². The van der Waals surface area contributed by atoms with Crippen molar-refractivity contribution in [1.29, 1.82) is 0 Å². The number of hydrogen-bond donors (Lipinski definition) is 1. The Kier molecular flexibility index (Phi) is 2.55. The normalized spacial score (nSPS) is 34.6. The Labute approximate surface area is 70.0 Å². The molecule has 0 aromatic heterocycles. The van der Waals surface area contributed by atoms with E-state index in [-0.39, 0.29) is 0 Å². The fourth-order valence-corrected chi connectivity index (χ4v) is 1.61. The average Bonchev–Trinajstić information content (AvgIpc) is 1.86. The second-order valence-electron chi connectivity index (χ2n) is 4.24. The molecule has 2 nitrogen and oxygen atoms in total. The molecular weight excluding hydrogens is 136 g/mol. The first kappa shape index (κ1) is 9.01. The van der Waals surface area contributed by atoms with Crippen LogP contribution < -0.4 is 5.32 Å². The van der Waals surface area contributed by atoms with Crippen molar-refractivity contribution < 1.29 is 0 Å². The third-order valence-corrected chi connectivity index (χ3v) is 2.90. The molecule has 0 radical (unpaired) electrons. The highest BCUT2D eigenvalue weighted by Gasteiger charge is 2.31. The summed E-state index contributed by atoms with van der Waals surface area (Å²) >= 11 is 0. The van der Waals surface area contributed by atoms with Crippen molar-refractivity contribution in [3.05, 3.63) is 0 Å². The number of nitrogens with one attached hydrogen (secondary N) is 1. The Morgan fingerprint density at radius 2 is 2.09 bits per heavy atom. The minimum atomic E-state index is 0.326. The van der Waals surface area contributed by atoms with Crippen LogP contribution in [0.1, 0.15) is 20.8 Å². The van der Waals surface area contributed by atoms with Crippen LogP contribution in [-0.4, -0.2) is 37.1 Å². The Balaban J connectivity index is 2.55. The average molecular weight is 156 g/mol. The molecule has 11 heavy (non-hydrogen) atoms. The van der Waals surface area contributed by atoms with Gasteiger partial charge in [0, 0.05) is 25.2 Å². The standard InChI is InChI=1S/C9H20N2/c1-8(2)9(3)7-11(4)6-5-10-9/h8,10H,5-7H2,1-4H3/t9-/m0/s1. The van der Waals surface area contributed by atoms with E-state index in [0.717, 1.165) is 6.54 Å². The van der Waals surface area contributed by atoms with Gasteiger partial charge in [0.15, 0.2) is 0 Å². The SMILES string of the molecule is CC(C)[C@]1(C)CN(C)CCN1. The van der Waals surface area contributed by atoms with Gasteiger partial charge in [-0.15, -0.1) is 0 Å². The van der Waals surface area contributed by atoms with E-state index >= 15 is 0 Å². The minimum Gasteiger partial charge on any atom is -0.309 e. The Hall–Kier alpha value is -0.0800. The monoisotopic (exact) mass is 156 g/mol. The smallest absolute Gasteiger partial charge is 0.0303 e. The van der Waals surface area contributed by atoms with Crippen molar-refractivity contribution >= 4 is 0 Å². The lowest BCUT2D eigenvalue weighted by molar-refractivity contribution is 0.130. The van der Waals surface area contributed by atoms with Crippen LogP contribution >= 0.6 is 0 Å². The number of rotatable bonds is 1. The van der Waals surface area contributed by atoms with Gasteiger partial charge in [-0.25, -0.2) is 0 Å².